The first-order valence-electron chi connectivity index (χ1n) is 5.99. The molecule has 1 atom stereocenters. The SMILES string of the molecule is Cc1cccc(OCCNC(=O)C(C)C(N)=NO)c1. The third-order valence-electron chi connectivity index (χ3n) is 2.61. The van der Waals surface area contributed by atoms with Gasteiger partial charge >= 0.3 is 0 Å². The average molecular weight is 265 g/mol. The van der Waals surface area contributed by atoms with Crippen LogP contribution < -0.4 is 15.8 Å². The second-order valence-electron chi connectivity index (χ2n) is 4.20. The van der Waals surface area contributed by atoms with E-state index in [2.05, 4.69) is 10.5 Å². The molecule has 104 valence electrons. The molecular formula is C13H19N3O3. The molecule has 19 heavy (non-hydrogen) atoms. The second-order valence-corrected chi connectivity index (χ2v) is 4.20. The summed E-state index contributed by atoms with van der Waals surface area (Å²) in [4.78, 5) is 11.6. The highest BCUT2D eigenvalue weighted by Crippen LogP contribution is 2.11. The van der Waals surface area contributed by atoms with E-state index in [1.165, 1.54) is 0 Å². The first kappa shape index (κ1) is 14.8. The van der Waals surface area contributed by atoms with Gasteiger partial charge < -0.3 is 21.0 Å². The van der Waals surface area contributed by atoms with Gasteiger partial charge in [-0.2, -0.15) is 0 Å². The van der Waals surface area contributed by atoms with Crippen LogP contribution in [0.3, 0.4) is 0 Å². The van der Waals surface area contributed by atoms with E-state index in [1.54, 1.807) is 6.92 Å². The molecule has 0 fully saturated rings. The second kappa shape index (κ2) is 7.25. The zero-order chi connectivity index (χ0) is 14.3. The third-order valence-corrected chi connectivity index (χ3v) is 2.61. The quantitative estimate of drug-likeness (QED) is 0.234. The highest BCUT2D eigenvalue weighted by atomic mass is 16.5. The Balaban J connectivity index is 2.29. The number of rotatable bonds is 6. The van der Waals surface area contributed by atoms with Crippen molar-refractivity contribution in [3.05, 3.63) is 29.8 Å². The van der Waals surface area contributed by atoms with Crippen LogP contribution in [0.15, 0.2) is 29.4 Å². The number of aryl methyl sites for hydroxylation is 1. The Morgan fingerprint density at radius 3 is 2.95 bits per heavy atom. The molecule has 6 heteroatoms. The molecule has 1 amide bonds. The molecule has 0 saturated heterocycles. The molecule has 0 radical (unpaired) electrons. The Morgan fingerprint density at radius 2 is 2.32 bits per heavy atom. The van der Waals surface area contributed by atoms with E-state index >= 15 is 0 Å². The number of hydrogen-bond donors (Lipinski definition) is 3. The zero-order valence-electron chi connectivity index (χ0n) is 11.1. The van der Waals surface area contributed by atoms with E-state index in [0.717, 1.165) is 11.3 Å². The molecule has 0 aliphatic carbocycles. The number of carbonyl (C=O) groups is 1. The molecule has 4 N–H and O–H groups in total. The van der Waals surface area contributed by atoms with Crippen LogP contribution in [0.5, 0.6) is 5.75 Å². The fourth-order valence-corrected chi connectivity index (χ4v) is 1.42. The average Bonchev–Trinajstić information content (AvgIpc) is 2.41. The summed E-state index contributed by atoms with van der Waals surface area (Å²) in [5.74, 6) is -0.317. The molecule has 1 aromatic rings. The molecule has 0 aromatic heterocycles. The number of amidine groups is 1. The maximum atomic E-state index is 11.6. The van der Waals surface area contributed by atoms with Gasteiger partial charge in [-0.05, 0) is 31.5 Å². The summed E-state index contributed by atoms with van der Waals surface area (Å²) in [7, 11) is 0. The summed E-state index contributed by atoms with van der Waals surface area (Å²) in [6, 6.07) is 7.66. The predicted octanol–water partition coefficient (Wildman–Crippen LogP) is 0.873. The minimum Gasteiger partial charge on any atom is -0.492 e. The normalized spacial score (nSPS) is 12.8. The lowest BCUT2D eigenvalue weighted by molar-refractivity contribution is -0.122. The van der Waals surface area contributed by atoms with E-state index in [-0.39, 0.29) is 11.7 Å². The summed E-state index contributed by atoms with van der Waals surface area (Å²) in [5, 5.41) is 13.9. The molecule has 1 unspecified atom stereocenters. The standard InChI is InChI=1S/C13H19N3O3/c1-9-4-3-5-11(8-9)19-7-6-15-13(17)10(2)12(14)16-18/h3-5,8,10,18H,6-7H2,1-2H3,(H2,14,16)(H,15,17). The minimum absolute atomic E-state index is 0.114. The van der Waals surface area contributed by atoms with Gasteiger partial charge in [-0.25, -0.2) is 0 Å². The molecule has 6 nitrogen and oxygen atoms in total. The summed E-state index contributed by atoms with van der Waals surface area (Å²) < 4.78 is 5.48. The van der Waals surface area contributed by atoms with Gasteiger partial charge in [0.05, 0.1) is 12.5 Å². The van der Waals surface area contributed by atoms with E-state index in [0.29, 0.717) is 13.2 Å². The molecule has 0 spiro atoms. The fraction of sp³-hybridized carbons (Fsp3) is 0.385. The molecule has 0 bridgehead atoms. The molecule has 0 saturated carbocycles. The van der Waals surface area contributed by atoms with Crippen LogP contribution in [0.25, 0.3) is 0 Å². The number of ether oxygens (including phenoxy) is 1. The highest BCUT2D eigenvalue weighted by Gasteiger charge is 2.16. The van der Waals surface area contributed by atoms with Crippen molar-refractivity contribution in [2.45, 2.75) is 13.8 Å². The Bertz CT molecular complexity index is 460. The maximum Gasteiger partial charge on any atom is 0.230 e. The Morgan fingerprint density at radius 1 is 1.58 bits per heavy atom. The van der Waals surface area contributed by atoms with Gasteiger partial charge in [-0.15, -0.1) is 0 Å². The highest BCUT2D eigenvalue weighted by molar-refractivity contribution is 6.01. The minimum atomic E-state index is -0.663. The van der Waals surface area contributed by atoms with Crippen molar-refractivity contribution in [2.75, 3.05) is 13.2 Å². The van der Waals surface area contributed by atoms with Crippen LogP contribution in [0.4, 0.5) is 0 Å². The number of hydrogen-bond acceptors (Lipinski definition) is 4. The van der Waals surface area contributed by atoms with Crippen molar-refractivity contribution in [3.8, 4) is 5.75 Å². The predicted molar refractivity (Wildman–Crippen MR) is 72.3 cm³/mol. The van der Waals surface area contributed by atoms with E-state index in [9.17, 15) is 4.79 Å². The Hall–Kier alpha value is -2.24. The summed E-state index contributed by atoms with van der Waals surface area (Å²) >= 11 is 0. The number of oxime groups is 1. The Labute approximate surface area is 112 Å². The van der Waals surface area contributed by atoms with E-state index < -0.39 is 5.92 Å². The van der Waals surface area contributed by atoms with Crippen LogP contribution in [-0.2, 0) is 4.79 Å². The number of nitrogens with one attached hydrogen (secondary N) is 1. The number of nitrogens with zero attached hydrogens (tertiary/aromatic N) is 1. The number of nitrogens with two attached hydrogens (primary N) is 1. The topological polar surface area (TPSA) is 96.9 Å². The number of benzene rings is 1. The largest absolute Gasteiger partial charge is 0.492 e. The van der Waals surface area contributed by atoms with Gasteiger partial charge in [0.15, 0.2) is 5.84 Å². The maximum absolute atomic E-state index is 11.6. The smallest absolute Gasteiger partial charge is 0.230 e. The third kappa shape index (κ3) is 4.87. The van der Waals surface area contributed by atoms with Crippen LogP contribution >= 0.6 is 0 Å². The summed E-state index contributed by atoms with van der Waals surface area (Å²) in [6.45, 7) is 4.26. The van der Waals surface area contributed by atoms with Gasteiger partial charge in [0.25, 0.3) is 0 Å². The van der Waals surface area contributed by atoms with E-state index in [4.69, 9.17) is 15.7 Å². The van der Waals surface area contributed by atoms with Crippen molar-refractivity contribution >= 4 is 11.7 Å². The monoisotopic (exact) mass is 265 g/mol. The van der Waals surface area contributed by atoms with E-state index in [1.807, 2.05) is 31.2 Å². The van der Waals surface area contributed by atoms with Gasteiger partial charge in [0, 0.05) is 0 Å². The molecule has 1 aromatic carbocycles. The first-order chi connectivity index (χ1) is 9.04. The Kier molecular flexibility index (Phi) is 5.66. The van der Waals surface area contributed by atoms with Gasteiger partial charge in [-0.3, -0.25) is 4.79 Å². The fourth-order valence-electron chi connectivity index (χ4n) is 1.42. The summed E-state index contributed by atoms with van der Waals surface area (Å²) in [5.41, 5.74) is 6.45. The van der Waals surface area contributed by atoms with Crippen molar-refractivity contribution in [1.82, 2.24) is 5.32 Å². The lowest BCUT2D eigenvalue weighted by Crippen LogP contribution is -2.38. The first-order valence-corrected chi connectivity index (χ1v) is 5.99. The molecular weight excluding hydrogens is 246 g/mol. The molecule has 0 heterocycles. The van der Waals surface area contributed by atoms with Crippen LogP contribution in [0.2, 0.25) is 0 Å². The van der Waals surface area contributed by atoms with Crippen LogP contribution in [0.1, 0.15) is 12.5 Å². The number of amides is 1. The molecule has 0 aliphatic rings. The zero-order valence-corrected chi connectivity index (χ0v) is 11.1. The van der Waals surface area contributed by atoms with Gasteiger partial charge in [-0.1, -0.05) is 17.3 Å². The lowest BCUT2D eigenvalue weighted by atomic mass is 10.1. The number of carbonyl (C=O) groups excluding carboxylic acids is 1. The van der Waals surface area contributed by atoms with Gasteiger partial charge in [0.2, 0.25) is 5.91 Å². The summed E-state index contributed by atoms with van der Waals surface area (Å²) in [6.07, 6.45) is 0. The van der Waals surface area contributed by atoms with Crippen LogP contribution in [-0.4, -0.2) is 30.1 Å². The van der Waals surface area contributed by atoms with Crippen LogP contribution in [0, 0.1) is 12.8 Å². The van der Waals surface area contributed by atoms with Crippen molar-refractivity contribution in [3.63, 3.8) is 0 Å². The van der Waals surface area contributed by atoms with Crippen molar-refractivity contribution in [2.24, 2.45) is 16.8 Å². The molecule has 0 aliphatic heterocycles. The van der Waals surface area contributed by atoms with Crippen molar-refractivity contribution in [1.29, 1.82) is 0 Å². The van der Waals surface area contributed by atoms with Gasteiger partial charge in [0.1, 0.15) is 12.4 Å². The lowest BCUT2D eigenvalue weighted by Gasteiger charge is -2.11. The van der Waals surface area contributed by atoms with Crippen molar-refractivity contribution < 1.29 is 14.7 Å². The molecule has 1 rings (SSSR count).